The molecule has 0 saturated carbocycles. The van der Waals surface area contributed by atoms with Gasteiger partial charge in [0.05, 0.1) is 6.61 Å². The lowest BCUT2D eigenvalue weighted by molar-refractivity contribution is -0.0787. The van der Waals surface area contributed by atoms with Gasteiger partial charge in [-0.05, 0) is 18.5 Å². The van der Waals surface area contributed by atoms with E-state index in [-0.39, 0.29) is 12.5 Å². The minimum Gasteiger partial charge on any atom is -0.382 e. The van der Waals surface area contributed by atoms with Crippen LogP contribution in [-0.2, 0) is 10.3 Å². The molecule has 0 spiro atoms. The SMILES string of the molecule is CCC(CN)C(O)(COC)c1ccccc1. The highest BCUT2D eigenvalue weighted by molar-refractivity contribution is 5.23. The molecule has 3 nitrogen and oxygen atoms in total. The zero-order valence-electron chi connectivity index (χ0n) is 10.0. The molecule has 0 aliphatic heterocycles. The summed E-state index contributed by atoms with van der Waals surface area (Å²) in [4.78, 5) is 0. The van der Waals surface area contributed by atoms with E-state index in [4.69, 9.17) is 10.5 Å². The largest absolute Gasteiger partial charge is 0.382 e. The average molecular weight is 223 g/mol. The molecule has 0 radical (unpaired) electrons. The zero-order chi connectivity index (χ0) is 12.0. The Kier molecular flexibility index (Phi) is 4.93. The molecule has 1 rings (SSSR count). The number of methoxy groups -OCH3 is 1. The van der Waals surface area contributed by atoms with Gasteiger partial charge >= 0.3 is 0 Å². The number of rotatable bonds is 6. The Morgan fingerprint density at radius 3 is 2.44 bits per heavy atom. The maximum Gasteiger partial charge on any atom is 0.117 e. The molecule has 0 saturated heterocycles. The first-order chi connectivity index (χ1) is 7.69. The molecule has 1 aromatic carbocycles. The lowest BCUT2D eigenvalue weighted by atomic mass is 9.80. The summed E-state index contributed by atoms with van der Waals surface area (Å²) in [5, 5.41) is 10.7. The van der Waals surface area contributed by atoms with Gasteiger partial charge in [0.15, 0.2) is 0 Å². The highest BCUT2D eigenvalue weighted by atomic mass is 16.5. The molecule has 0 aliphatic carbocycles. The molecule has 16 heavy (non-hydrogen) atoms. The van der Waals surface area contributed by atoms with Crippen LogP contribution < -0.4 is 5.73 Å². The Morgan fingerprint density at radius 1 is 1.38 bits per heavy atom. The minimum atomic E-state index is -0.987. The van der Waals surface area contributed by atoms with Crippen molar-refractivity contribution in [3.63, 3.8) is 0 Å². The molecule has 2 atom stereocenters. The summed E-state index contributed by atoms with van der Waals surface area (Å²) < 4.78 is 5.14. The third-order valence-corrected chi connectivity index (χ3v) is 3.09. The Hall–Kier alpha value is -0.900. The van der Waals surface area contributed by atoms with E-state index < -0.39 is 5.60 Å². The maximum atomic E-state index is 10.7. The van der Waals surface area contributed by atoms with Crippen LogP contribution in [0.4, 0.5) is 0 Å². The highest BCUT2D eigenvalue weighted by Gasteiger charge is 2.36. The second kappa shape index (κ2) is 5.99. The predicted octanol–water partition coefficient (Wildman–Crippen LogP) is 1.51. The van der Waals surface area contributed by atoms with Crippen molar-refractivity contribution >= 4 is 0 Å². The lowest BCUT2D eigenvalue weighted by Crippen LogP contribution is -2.42. The van der Waals surface area contributed by atoms with Crippen LogP contribution in [0, 0.1) is 5.92 Å². The molecule has 0 fully saturated rings. The molecule has 90 valence electrons. The van der Waals surface area contributed by atoms with E-state index in [0.717, 1.165) is 12.0 Å². The summed E-state index contributed by atoms with van der Waals surface area (Å²) in [7, 11) is 1.59. The number of hydrogen-bond acceptors (Lipinski definition) is 3. The fraction of sp³-hybridized carbons (Fsp3) is 0.538. The van der Waals surface area contributed by atoms with Crippen LogP contribution in [-0.4, -0.2) is 25.4 Å². The smallest absolute Gasteiger partial charge is 0.117 e. The highest BCUT2D eigenvalue weighted by Crippen LogP contribution is 2.31. The van der Waals surface area contributed by atoms with Gasteiger partial charge < -0.3 is 15.6 Å². The van der Waals surface area contributed by atoms with Crippen molar-refractivity contribution in [2.75, 3.05) is 20.3 Å². The van der Waals surface area contributed by atoms with Crippen LogP contribution in [0.2, 0.25) is 0 Å². The summed E-state index contributed by atoms with van der Waals surface area (Å²) in [6.45, 7) is 2.75. The maximum absolute atomic E-state index is 10.7. The molecular weight excluding hydrogens is 202 g/mol. The molecule has 3 heteroatoms. The summed E-state index contributed by atoms with van der Waals surface area (Å²) in [5.74, 6) is 0.00912. The standard InChI is InChI=1S/C13H21NO2/c1-3-11(9-14)13(15,10-16-2)12-7-5-4-6-8-12/h4-8,11,15H,3,9-10,14H2,1-2H3. The quantitative estimate of drug-likeness (QED) is 0.768. The van der Waals surface area contributed by atoms with Gasteiger partial charge in [-0.3, -0.25) is 0 Å². The summed E-state index contributed by atoms with van der Waals surface area (Å²) in [6, 6.07) is 9.59. The van der Waals surface area contributed by atoms with Gasteiger partial charge in [0.2, 0.25) is 0 Å². The Balaban J connectivity index is 3.05. The van der Waals surface area contributed by atoms with E-state index in [1.54, 1.807) is 7.11 Å². The fourth-order valence-electron chi connectivity index (χ4n) is 2.08. The van der Waals surface area contributed by atoms with Crippen molar-refractivity contribution in [3.05, 3.63) is 35.9 Å². The molecule has 3 N–H and O–H groups in total. The molecule has 1 aromatic rings. The van der Waals surface area contributed by atoms with Gasteiger partial charge in [-0.25, -0.2) is 0 Å². The van der Waals surface area contributed by atoms with Gasteiger partial charge in [0.25, 0.3) is 0 Å². The molecular formula is C13H21NO2. The van der Waals surface area contributed by atoms with Crippen molar-refractivity contribution in [2.24, 2.45) is 11.7 Å². The van der Waals surface area contributed by atoms with Gasteiger partial charge in [0.1, 0.15) is 5.60 Å². The Bertz CT molecular complexity index is 298. The van der Waals surface area contributed by atoms with Crippen molar-refractivity contribution < 1.29 is 9.84 Å². The summed E-state index contributed by atoms with van der Waals surface area (Å²) in [5.41, 5.74) is 5.60. The van der Waals surface area contributed by atoms with E-state index >= 15 is 0 Å². The Morgan fingerprint density at radius 2 is 2.00 bits per heavy atom. The lowest BCUT2D eigenvalue weighted by Gasteiger charge is -2.35. The van der Waals surface area contributed by atoms with Crippen molar-refractivity contribution in [1.29, 1.82) is 0 Å². The van der Waals surface area contributed by atoms with Gasteiger partial charge in [-0.2, -0.15) is 0 Å². The van der Waals surface area contributed by atoms with Crippen molar-refractivity contribution in [1.82, 2.24) is 0 Å². The van der Waals surface area contributed by atoms with Crippen LogP contribution in [0.5, 0.6) is 0 Å². The van der Waals surface area contributed by atoms with Crippen LogP contribution in [0.1, 0.15) is 18.9 Å². The molecule has 0 aromatic heterocycles. The van der Waals surface area contributed by atoms with Crippen LogP contribution in [0.25, 0.3) is 0 Å². The van der Waals surface area contributed by atoms with Crippen molar-refractivity contribution in [2.45, 2.75) is 18.9 Å². The van der Waals surface area contributed by atoms with E-state index in [1.807, 2.05) is 37.3 Å². The van der Waals surface area contributed by atoms with Gasteiger partial charge in [-0.15, -0.1) is 0 Å². The van der Waals surface area contributed by atoms with Gasteiger partial charge in [-0.1, -0.05) is 37.3 Å². The molecule has 0 amide bonds. The predicted molar refractivity (Wildman–Crippen MR) is 65.1 cm³/mol. The molecule has 0 aliphatic rings. The third-order valence-electron chi connectivity index (χ3n) is 3.09. The normalized spacial score (nSPS) is 16.8. The first-order valence-electron chi connectivity index (χ1n) is 5.66. The molecule has 0 heterocycles. The minimum absolute atomic E-state index is 0.00912. The Labute approximate surface area is 97.2 Å². The number of benzene rings is 1. The number of nitrogens with two attached hydrogens (primary N) is 1. The average Bonchev–Trinajstić information content (AvgIpc) is 2.32. The summed E-state index contributed by atoms with van der Waals surface area (Å²) in [6.07, 6.45) is 0.825. The molecule has 0 bridgehead atoms. The van der Waals surface area contributed by atoms with E-state index in [1.165, 1.54) is 0 Å². The van der Waals surface area contributed by atoms with Gasteiger partial charge in [0, 0.05) is 13.0 Å². The van der Waals surface area contributed by atoms with E-state index in [0.29, 0.717) is 6.54 Å². The van der Waals surface area contributed by atoms with Crippen LogP contribution in [0.3, 0.4) is 0 Å². The van der Waals surface area contributed by atoms with E-state index in [9.17, 15) is 5.11 Å². The third kappa shape index (κ3) is 2.61. The van der Waals surface area contributed by atoms with Crippen LogP contribution >= 0.6 is 0 Å². The number of ether oxygens (including phenoxy) is 1. The number of aliphatic hydroxyl groups is 1. The fourth-order valence-corrected chi connectivity index (χ4v) is 2.08. The second-order valence-electron chi connectivity index (χ2n) is 4.06. The van der Waals surface area contributed by atoms with Crippen molar-refractivity contribution in [3.8, 4) is 0 Å². The monoisotopic (exact) mass is 223 g/mol. The summed E-state index contributed by atoms with van der Waals surface area (Å²) >= 11 is 0. The topological polar surface area (TPSA) is 55.5 Å². The molecule has 2 unspecified atom stereocenters. The van der Waals surface area contributed by atoms with Crippen LogP contribution in [0.15, 0.2) is 30.3 Å². The first kappa shape index (κ1) is 13.2. The first-order valence-corrected chi connectivity index (χ1v) is 5.66. The number of hydrogen-bond donors (Lipinski definition) is 2. The second-order valence-corrected chi connectivity index (χ2v) is 4.06. The zero-order valence-corrected chi connectivity index (χ0v) is 10.0. The van der Waals surface area contributed by atoms with E-state index in [2.05, 4.69) is 0 Å².